The van der Waals surface area contributed by atoms with E-state index in [0.717, 1.165) is 22.4 Å². The Kier molecular flexibility index (Phi) is 6.21. The maximum Gasteiger partial charge on any atom is 0.277 e. The number of hydrogen-bond acceptors (Lipinski definition) is 4. The van der Waals surface area contributed by atoms with Crippen LogP contribution in [-0.2, 0) is 4.79 Å². The molecule has 2 aromatic carbocycles. The van der Waals surface area contributed by atoms with Crippen LogP contribution in [0.4, 0.5) is 0 Å². The van der Waals surface area contributed by atoms with Crippen molar-refractivity contribution >= 4 is 23.7 Å². The number of aryl methyl sites for hydroxylation is 2. The first-order valence-corrected chi connectivity index (χ1v) is 7.73. The molecule has 126 valence electrons. The maximum atomic E-state index is 11.7. The highest BCUT2D eigenvalue weighted by atomic mass is 35.5. The van der Waals surface area contributed by atoms with Crippen LogP contribution in [0.2, 0.25) is 5.02 Å². The number of carbonyl (C=O) groups is 1. The molecule has 0 aliphatic carbocycles. The number of nitrogens with zero attached hydrogens (tertiary/aromatic N) is 1. The molecule has 0 unspecified atom stereocenters. The summed E-state index contributed by atoms with van der Waals surface area (Å²) in [5.41, 5.74) is 5.08. The molecule has 1 amide bonds. The van der Waals surface area contributed by atoms with Gasteiger partial charge in [-0.25, -0.2) is 5.43 Å². The van der Waals surface area contributed by atoms with E-state index in [4.69, 9.17) is 21.1 Å². The van der Waals surface area contributed by atoms with Crippen LogP contribution in [0, 0.1) is 13.8 Å². The number of nitrogens with one attached hydrogen (secondary N) is 1. The standard InChI is InChI=1S/C18H19ClN2O3/c1-12-8-16(9-13(2)18(12)19)24-11-17(22)21-20-10-14-4-6-15(23-3)7-5-14/h4-10H,11H2,1-3H3,(H,21,22)/b20-10-. The Bertz CT molecular complexity index is 719. The largest absolute Gasteiger partial charge is 0.497 e. The summed E-state index contributed by atoms with van der Waals surface area (Å²) in [6, 6.07) is 10.9. The van der Waals surface area contributed by atoms with Crippen LogP contribution in [0.3, 0.4) is 0 Å². The molecule has 1 N–H and O–H groups in total. The van der Waals surface area contributed by atoms with E-state index in [9.17, 15) is 4.79 Å². The topological polar surface area (TPSA) is 59.9 Å². The molecule has 5 nitrogen and oxygen atoms in total. The third-order valence-corrected chi connectivity index (χ3v) is 3.89. The summed E-state index contributed by atoms with van der Waals surface area (Å²) in [6.45, 7) is 3.66. The smallest absolute Gasteiger partial charge is 0.277 e. The fraction of sp³-hybridized carbons (Fsp3) is 0.222. The van der Waals surface area contributed by atoms with Crippen LogP contribution in [0.15, 0.2) is 41.5 Å². The van der Waals surface area contributed by atoms with E-state index < -0.39 is 0 Å². The highest BCUT2D eigenvalue weighted by Crippen LogP contribution is 2.25. The van der Waals surface area contributed by atoms with Gasteiger partial charge in [-0.1, -0.05) is 11.6 Å². The average molecular weight is 347 g/mol. The van der Waals surface area contributed by atoms with Gasteiger partial charge in [0.1, 0.15) is 11.5 Å². The molecule has 0 saturated heterocycles. The van der Waals surface area contributed by atoms with Crippen molar-refractivity contribution in [1.29, 1.82) is 0 Å². The molecule has 0 aliphatic heterocycles. The van der Waals surface area contributed by atoms with Gasteiger partial charge >= 0.3 is 0 Å². The van der Waals surface area contributed by atoms with Crippen LogP contribution < -0.4 is 14.9 Å². The van der Waals surface area contributed by atoms with Gasteiger partial charge in [-0.05, 0) is 66.9 Å². The Hall–Kier alpha value is -2.53. The van der Waals surface area contributed by atoms with Crippen molar-refractivity contribution in [3.05, 3.63) is 58.1 Å². The molecule has 0 heterocycles. The van der Waals surface area contributed by atoms with Crippen molar-refractivity contribution in [2.75, 3.05) is 13.7 Å². The lowest BCUT2D eigenvalue weighted by Gasteiger charge is -2.09. The number of hydrazone groups is 1. The van der Waals surface area contributed by atoms with Crippen LogP contribution in [0.25, 0.3) is 0 Å². The lowest BCUT2D eigenvalue weighted by atomic mass is 10.1. The SMILES string of the molecule is COc1ccc(/C=N\NC(=O)COc2cc(C)c(Cl)c(C)c2)cc1. The second-order valence-corrected chi connectivity index (χ2v) is 5.60. The van der Waals surface area contributed by atoms with Gasteiger partial charge in [0.15, 0.2) is 6.61 Å². The summed E-state index contributed by atoms with van der Waals surface area (Å²) < 4.78 is 10.5. The van der Waals surface area contributed by atoms with Crippen molar-refractivity contribution in [2.45, 2.75) is 13.8 Å². The van der Waals surface area contributed by atoms with Gasteiger partial charge in [0.2, 0.25) is 0 Å². The van der Waals surface area contributed by atoms with E-state index in [0.29, 0.717) is 10.8 Å². The van der Waals surface area contributed by atoms with Crippen molar-refractivity contribution in [3.8, 4) is 11.5 Å². The van der Waals surface area contributed by atoms with Gasteiger partial charge in [-0.3, -0.25) is 4.79 Å². The highest BCUT2D eigenvalue weighted by molar-refractivity contribution is 6.32. The highest BCUT2D eigenvalue weighted by Gasteiger charge is 2.06. The monoisotopic (exact) mass is 346 g/mol. The predicted molar refractivity (Wildman–Crippen MR) is 95.2 cm³/mol. The lowest BCUT2D eigenvalue weighted by molar-refractivity contribution is -0.123. The number of amides is 1. The summed E-state index contributed by atoms with van der Waals surface area (Å²) in [6.07, 6.45) is 1.55. The van der Waals surface area contributed by atoms with E-state index in [2.05, 4.69) is 10.5 Å². The first-order chi connectivity index (χ1) is 11.5. The normalized spacial score (nSPS) is 10.7. The minimum Gasteiger partial charge on any atom is -0.497 e. The third-order valence-electron chi connectivity index (χ3n) is 3.30. The molecule has 24 heavy (non-hydrogen) atoms. The zero-order valence-electron chi connectivity index (χ0n) is 13.8. The second kappa shape index (κ2) is 8.36. The molecule has 2 aromatic rings. The molecule has 0 bridgehead atoms. The fourth-order valence-electron chi connectivity index (χ4n) is 2.04. The summed E-state index contributed by atoms with van der Waals surface area (Å²) >= 11 is 6.10. The molecule has 6 heteroatoms. The molecule has 0 spiro atoms. The van der Waals surface area contributed by atoms with Crippen molar-refractivity contribution < 1.29 is 14.3 Å². The van der Waals surface area contributed by atoms with Gasteiger partial charge in [0.25, 0.3) is 5.91 Å². The number of methoxy groups -OCH3 is 1. The van der Waals surface area contributed by atoms with E-state index in [-0.39, 0.29) is 12.5 Å². The zero-order valence-corrected chi connectivity index (χ0v) is 14.6. The van der Waals surface area contributed by atoms with Crippen LogP contribution in [-0.4, -0.2) is 25.8 Å². The molecule has 0 radical (unpaired) electrons. The van der Waals surface area contributed by atoms with E-state index in [1.54, 1.807) is 25.5 Å². The van der Waals surface area contributed by atoms with E-state index in [1.165, 1.54) is 0 Å². The first kappa shape index (κ1) is 17.8. The number of rotatable bonds is 6. The average Bonchev–Trinajstić information content (AvgIpc) is 2.58. The van der Waals surface area contributed by atoms with Crippen molar-refractivity contribution in [2.24, 2.45) is 5.10 Å². The molecule has 0 aliphatic rings. The molecule has 0 fully saturated rings. The summed E-state index contributed by atoms with van der Waals surface area (Å²) in [7, 11) is 1.60. The Morgan fingerprint density at radius 1 is 1.17 bits per heavy atom. The van der Waals surface area contributed by atoms with E-state index >= 15 is 0 Å². The van der Waals surface area contributed by atoms with Gasteiger partial charge in [-0.15, -0.1) is 0 Å². The number of ether oxygens (including phenoxy) is 2. The Balaban J connectivity index is 1.83. The minimum absolute atomic E-state index is 0.125. The van der Waals surface area contributed by atoms with Crippen LogP contribution in [0.1, 0.15) is 16.7 Å². The summed E-state index contributed by atoms with van der Waals surface area (Å²) in [5.74, 6) is 1.02. The number of benzene rings is 2. The third kappa shape index (κ3) is 4.99. The second-order valence-electron chi connectivity index (χ2n) is 5.23. The Labute approximate surface area is 146 Å². The Morgan fingerprint density at radius 3 is 2.38 bits per heavy atom. The molecule has 0 aromatic heterocycles. The summed E-state index contributed by atoms with van der Waals surface area (Å²) in [5, 5.41) is 4.60. The predicted octanol–water partition coefficient (Wildman–Crippen LogP) is 3.49. The molecule has 0 saturated carbocycles. The number of carbonyl (C=O) groups excluding carboxylic acids is 1. The summed E-state index contributed by atoms with van der Waals surface area (Å²) in [4.78, 5) is 11.7. The van der Waals surface area contributed by atoms with Gasteiger partial charge < -0.3 is 9.47 Å². The van der Waals surface area contributed by atoms with Crippen LogP contribution in [0.5, 0.6) is 11.5 Å². The molecule has 0 atom stereocenters. The van der Waals surface area contributed by atoms with E-state index in [1.807, 2.05) is 38.1 Å². The molecular formula is C18H19ClN2O3. The zero-order chi connectivity index (χ0) is 17.5. The van der Waals surface area contributed by atoms with Gasteiger partial charge in [0, 0.05) is 5.02 Å². The quantitative estimate of drug-likeness (QED) is 0.643. The lowest BCUT2D eigenvalue weighted by Crippen LogP contribution is -2.24. The first-order valence-electron chi connectivity index (χ1n) is 7.35. The fourth-order valence-corrected chi connectivity index (χ4v) is 2.15. The van der Waals surface area contributed by atoms with Gasteiger partial charge in [0.05, 0.1) is 13.3 Å². The van der Waals surface area contributed by atoms with Crippen molar-refractivity contribution in [3.63, 3.8) is 0 Å². The molecule has 2 rings (SSSR count). The maximum absolute atomic E-state index is 11.7. The van der Waals surface area contributed by atoms with Gasteiger partial charge in [-0.2, -0.15) is 5.10 Å². The minimum atomic E-state index is -0.343. The number of halogens is 1. The van der Waals surface area contributed by atoms with Crippen LogP contribution >= 0.6 is 11.6 Å². The number of hydrogen-bond donors (Lipinski definition) is 1. The van der Waals surface area contributed by atoms with Crippen molar-refractivity contribution in [1.82, 2.24) is 5.43 Å². The molecular weight excluding hydrogens is 328 g/mol. The Morgan fingerprint density at radius 2 is 1.79 bits per heavy atom.